The summed E-state index contributed by atoms with van der Waals surface area (Å²) in [5.41, 5.74) is 0.609. The van der Waals surface area contributed by atoms with Crippen LogP contribution in [0.4, 0.5) is 0 Å². The second-order valence-corrected chi connectivity index (χ2v) is 5.16. The summed E-state index contributed by atoms with van der Waals surface area (Å²) < 4.78 is 5.51. The molecule has 0 saturated heterocycles. The number of hydrogen-bond acceptors (Lipinski definition) is 2. The van der Waals surface area contributed by atoms with Gasteiger partial charge in [-0.1, -0.05) is 19.8 Å². The highest BCUT2D eigenvalue weighted by Crippen LogP contribution is 2.40. The van der Waals surface area contributed by atoms with E-state index < -0.39 is 0 Å². The fraction of sp³-hybridized carbons (Fsp3) is 1.00. The number of hydrogen-bond donors (Lipinski definition) is 1. The Morgan fingerprint density at radius 1 is 1.27 bits per heavy atom. The lowest BCUT2D eigenvalue weighted by atomic mass is 9.83. The molecule has 0 radical (unpaired) electrons. The highest BCUT2D eigenvalue weighted by Gasteiger charge is 2.31. The van der Waals surface area contributed by atoms with Crippen LogP contribution >= 0.6 is 0 Å². The minimum absolute atomic E-state index is 0.360. The van der Waals surface area contributed by atoms with Gasteiger partial charge in [-0.05, 0) is 38.5 Å². The van der Waals surface area contributed by atoms with E-state index in [2.05, 4.69) is 26.1 Å². The van der Waals surface area contributed by atoms with Crippen molar-refractivity contribution in [2.24, 2.45) is 5.41 Å². The van der Waals surface area contributed by atoms with Crippen molar-refractivity contribution in [3.63, 3.8) is 0 Å². The molecule has 0 atom stereocenters. The molecule has 0 aliphatic heterocycles. The minimum atomic E-state index is 0.360. The molecule has 0 aromatic rings. The molecule has 1 N–H and O–H groups in total. The predicted octanol–water partition coefficient (Wildman–Crippen LogP) is 2.97. The fourth-order valence-corrected chi connectivity index (χ4v) is 2.50. The van der Waals surface area contributed by atoms with Gasteiger partial charge >= 0.3 is 0 Å². The van der Waals surface area contributed by atoms with Crippen LogP contribution in [0.15, 0.2) is 0 Å². The molecule has 2 heteroatoms. The maximum Gasteiger partial charge on any atom is 0.0594 e. The van der Waals surface area contributed by atoms with Crippen LogP contribution in [-0.2, 0) is 4.74 Å². The van der Waals surface area contributed by atoms with E-state index in [1.807, 2.05) is 0 Å². The van der Waals surface area contributed by atoms with Gasteiger partial charge in [0.15, 0.2) is 0 Å². The van der Waals surface area contributed by atoms with Crippen LogP contribution in [0, 0.1) is 5.41 Å². The molecule has 1 rings (SSSR count). The van der Waals surface area contributed by atoms with Crippen molar-refractivity contribution in [1.82, 2.24) is 5.32 Å². The van der Waals surface area contributed by atoms with Gasteiger partial charge in [-0.2, -0.15) is 0 Å². The fourth-order valence-electron chi connectivity index (χ4n) is 2.50. The van der Waals surface area contributed by atoms with Gasteiger partial charge in [0.05, 0.1) is 12.7 Å². The molecule has 0 heterocycles. The molecule has 0 unspecified atom stereocenters. The van der Waals surface area contributed by atoms with Gasteiger partial charge in [-0.25, -0.2) is 0 Å². The van der Waals surface area contributed by atoms with Crippen molar-refractivity contribution in [2.45, 2.75) is 59.0 Å². The molecule has 2 nitrogen and oxygen atoms in total. The molecule has 1 aliphatic carbocycles. The van der Waals surface area contributed by atoms with Crippen molar-refractivity contribution in [3.8, 4) is 0 Å². The summed E-state index contributed by atoms with van der Waals surface area (Å²) in [6.45, 7) is 9.54. The van der Waals surface area contributed by atoms with Crippen LogP contribution in [0.5, 0.6) is 0 Å². The van der Waals surface area contributed by atoms with Crippen molar-refractivity contribution in [2.75, 3.05) is 19.7 Å². The zero-order valence-electron chi connectivity index (χ0n) is 10.6. The van der Waals surface area contributed by atoms with E-state index >= 15 is 0 Å². The first-order chi connectivity index (χ1) is 7.18. The molecule has 15 heavy (non-hydrogen) atoms. The molecule has 90 valence electrons. The minimum Gasteiger partial charge on any atom is -0.377 e. The first-order valence-corrected chi connectivity index (χ1v) is 6.51. The molecule has 0 spiro atoms. The summed E-state index contributed by atoms with van der Waals surface area (Å²) in [6, 6.07) is 0. The smallest absolute Gasteiger partial charge is 0.0594 e. The van der Waals surface area contributed by atoms with E-state index in [0.29, 0.717) is 11.5 Å². The van der Waals surface area contributed by atoms with Crippen LogP contribution in [0.1, 0.15) is 52.9 Å². The Bertz CT molecular complexity index is 162. The first-order valence-electron chi connectivity index (χ1n) is 6.51. The van der Waals surface area contributed by atoms with Crippen LogP contribution in [0.25, 0.3) is 0 Å². The summed E-state index contributed by atoms with van der Waals surface area (Å²) in [7, 11) is 0. The summed E-state index contributed by atoms with van der Waals surface area (Å²) >= 11 is 0. The van der Waals surface area contributed by atoms with Gasteiger partial charge in [0.25, 0.3) is 0 Å². The Morgan fingerprint density at radius 3 is 2.47 bits per heavy atom. The van der Waals surface area contributed by atoms with Crippen molar-refractivity contribution in [3.05, 3.63) is 0 Å². The van der Waals surface area contributed by atoms with Crippen molar-refractivity contribution in [1.29, 1.82) is 0 Å². The third kappa shape index (κ3) is 4.52. The standard InChI is InChI=1S/C13H27NO/c1-4-13(7-5-6-8-13)11-14-9-10-15-12(2)3/h12,14H,4-11H2,1-3H3. The van der Waals surface area contributed by atoms with Gasteiger partial charge in [-0.15, -0.1) is 0 Å². The first kappa shape index (κ1) is 13.0. The molecule has 1 fully saturated rings. The third-order valence-corrected chi connectivity index (χ3v) is 3.64. The van der Waals surface area contributed by atoms with Gasteiger partial charge < -0.3 is 10.1 Å². The van der Waals surface area contributed by atoms with Crippen molar-refractivity contribution >= 4 is 0 Å². The molecule has 0 aromatic heterocycles. The average Bonchev–Trinajstić information content (AvgIpc) is 2.66. The number of ether oxygens (including phenoxy) is 1. The van der Waals surface area contributed by atoms with Gasteiger partial charge in [-0.3, -0.25) is 0 Å². The summed E-state index contributed by atoms with van der Waals surface area (Å²) in [5.74, 6) is 0. The van der Waals surface area contributed by atoms with E-state index in [0.717, 1.165) is 13.2 Å². The normalized spacial score (nSPS) is 20.0. The van der Waals surface area contributed by atoms with Crippen LogP contribution in [-0.4, -0.2) is 25.8 Å². The summed E-state index contributed by atoms with van der Waals surface area (Å²) in [4.78, 5) is 0. The van der Waals surface area contributed by atoms with Crippen LogP contribution in [0.3, 0.4) is 0 Å². The molecular weight excluding hydrogens is 186 g/mol. The average molecular weight is 213 g/mol. The molecule has 0 bridgehead atoms. The second-order valence-electron chi connectivity index (χ2n) is 5.16. The Hall–Kier alpha value is -0.0800. The Kier molecular flexibility index (Phi) is 5.62. The van der Waals surface area contributed by atoms with Gasteiger partial charge in [0.2, 0.25) is 0 Å². The van der Waals surface area contributed by atoms with Gasteiger partial charge in [0.1, 0.15) is 0 Å². The highest BCUT2D eigenvalue weighted by molar-refractivity contribution is 4.85. The molecular formula is C13H27NO. The molecule has 1 saturated carbocycles. The maximum atomic E-state index is 5.51. The van der Waals surface area contributed by atoms with E-state index in [1.54, 1.807) is 0 Å². The zero-order chi connectivity index (χ0) is 11.1. The lowest BCUT2D eigenvalue weighted by Gasteiger charge is -2.27. The van der Waals surface area contributed by atoms with Crippen LogP contribution in [0.2, 0.25) is 0 Å². The van der Waals surface area contributed by atoms with E-state index in [1.165, 1.54) is 38.6 Å². The summed E-state index contributed by atoms with van der Waals surface area (Å²) in [5, 5.41) is 3.55. The molecule has 0 amide bonds. The Labute approximate surface area is 94.8 Å². The Balaban J connectivity index is 2.07. The number of rotatable bonds is 7. The monoisotopic (exact) mass is 213 g/mol. The highest BCUT2D eigenvalue weighted by atomic mass is 16.5. The lowest BCUT2D eigenvalue weighted by molar-refractivity contribution is 0.0788. The van der Waals surface area contributed by atoms with Crippen molar-refractivity contribution < 1.29 is 4.74 Å². The summed E-state index contributed by atoms with van der Waals surface area (Å²) in [6.07, 6.45) is 7.38. The molecule has 0 aromatic carbocycles. The quantitative estimate of drug-likeness (QED) is 0.656. The van der Waals surface area contributed by atoms with E-state index in [9.17, 15) is 0 Å². The third-order valence-electron chi connectivity index (χ3n) is 3.64. The molecule has 1 aliphatic rings. The SMILES string of the molecule is CCC1(CNCCOC(C)C)CCCC1. The zero-order valence-corrected chi connectivity index (χ0v) is 10.6. The second kappa shape index (κ2) is 6.49. The number of nitrogens with one attached hydrogen (secondary N) is 1. The Morgan fingerprint density at radius 2 is 1.93 bits per heavy atom. The maximum absolute atomic E-state index is 5.51. The van der Waals surface area contributed by atoms with Crippen LogP contribution < -0.4 is 5.32 Å². The van der Waals surface area contributed by atoms with E-state index in [-0.39, 0.29) is 0 Å². The lowest BCUT2D eigenvalue weighted by Crippen LogP contribution is -2.33. The topological polar surface area (TPSA) is 21.3 Å². The van der Waals surface area contributed by atoms with Gasteiger partial charge in [0, 0.05) is 13.1 Å². The largest absolute Gasteiger partial charge is 0.377 e. The van der Waals surface area contributed by atoms with E-state index in [4.69, 9.17) is 4.74 Å². The predicted molar refractivity (Wildman–Crippen MR) is 65.1 cm³/mol.